The van der Waals surface area contributed by atoms with Gasteiger partial charge in [-0.1, -0.05) is 66.7 Å². The smallest absolute Gasteiger partial charge is 0.328 e. The van der Waals surface area contributed by atoms with Gasteiger partial charge in [0.25, 0.3) is 0 Å². The molecule has 0 radical (unpaired) electrons. The van der Waals surface area contributed by atoms with Gasteiger partial charge in [0, 0.05) is 35.3 Å². The van der Waals surface area contributed by atoms with Crippen molar-refractivity contribution in [2.45, 2.75) is 19.4 Å². The number of nitrogens with one attached hydrogen (secondary N) is 1. The zero-order valence-corrected chi connectivity index (χ0v) is 18.4. The van der Waals surface area contributed by atoms with Crippen LogP contribution in [0.1, 0.15) is 24.1 Å². The molecule has 0 aliphatic rings. The van der Waals surface area contributed by atoms with E-state index in [1.54, 1.807) is 6.08 Å². The second kappa shape index (κ2) is 10.0. The third kappa shape index (κ3) is 5.21. The quantitative estimate of drug-likeness (QED) is 0.366. The van der Waals surface area contributed by atoms with Crippen molar-refractivity contribution in [2.75, 3.05) is 6.54 Å². The van der Waals surface area contributed by atoms with Crippen molar-refractivity contribution in [3.05, 3.63) is 102 Å². The first-order valence-corrected chi connectivity index (χ1v) is 11.0. The van der Waals surface area contributed by atoms with Crippen molar-refractivity contribution in [1.82, 2.24) is 9.88 Å². The minimum absolute atomic E-state index is 0.0799. The van der Waals surface area contributed by atoms with Gasteiger partial charge in [-0.2, -0.15) is 0 Å². The Labute approximate surface area is 193 Å². The second-order valence-electron chi connectivity index (χ2n) is 7.96. The number of aliphatic carboxylic acids is 1. The molecule has 1 heterocycles. The molecule has 3 aromatic carbocycles. The molecule has 2 N–H and O–H groups in total. The number of hydrogen-bond acceptors (Lipinski definition) is 2. The Morgan fingerprint density at radius 3 is 2.36 bits per heavy atom. The van der Waals surface area contributed by atoms with Crippen LogP contribution in [0.15, 0.2) is 91.1 Å². The van der Waals surface area contributed by atoms with Crippen LogP contribution in [0.5, 0.6) is 0 Å². The maximum atomic E-state index is 12.9. The Morgan fingerprint density at radius 2 is 1.67 bits per heavy atom. The lowest BCUT2D eigenvalue weighted by molar-refractivity contribution is -0.131. The average molecular weight is 439 g/mol. The first-order chi connectivity index (χ1) is 16.0. The van der Waals surface area contributed by atoms with Gasteiger partial charge < -0.3 is 15.0 Å². The molecule has 5 nitrogen and oxygen atoms in total. The van der Waals surface area contributed by atoms with Crippen molar-refractivity contribution < 1.29 is 14.7 Å². The highest BCUT2D eigenvalue weighted by molar-refractivity contribution is 5.97. The van der Waals surface area contributed by atoms with Gasteiger partial charge in [0.05, 0.1) is 0 Å². The Morgan fingerprint density at radius 1 is 0.970 bits per heavy atom. The number of hydrogen-bond donors (Lipinski definition) is 2. The highest BCUT2D eigenvalue weighted by Crippen LogP contribution is 2.30. The molecule has 0 bridgehead atoms. The topological polar surface area (TPSA) is 71.3 Å². The molecule has 0 saturated carbocycles. The van der Waals surface area contributed by atoms with Crippen LogP contribution in [-0.2, 0) is 16.0 Å². The molecule has 0 fully saturated rings. The summed E-state index contributed by atoms with van der Waals surface area (Å²) in [7, 11) is 0. The van der Waals surface area contributed by atoms with Crippen LogP contribution in [0, 0.1) is 0 Å². The van der Waals surface area contributed by atoms with E-state index in [0.717, 1.165) is 40.1 Å². The van der Waals surface area contributed by atoms with Crippen LogP contribution in [0.25, 0.3) is 28.1 Å². The predicted molar refractivity (Wildman–Crippen MR) is 132 cm³/mol. The van der Waals surface area contributed by atoms with Gasteiger partial charge in [-0.3, -0.25) is 4.79 Å². The third-order valence-corrected chi connectivity index (χ3v) is 5.73. The minimum atomic E-state index is -1.01. The number of amides is 1. The maximum absolute atomic E-state index is 12.9. The van der Waals surface area contributed by atoms with E-state index < -0.39 is 12.0 Å². The summed E-state index contributed by atoms with van der Waals surface area (Å²) in [5.74, 6) is -1.09. The SMILES string of the molecule is CC(C(=O)NCCc1ccccc1)n1cc(C=CC(=O)O)c2cc(-c3ccccc3)ccc21. The molecule has 4 rings (SSSR count). The van der Waals surface area contributed by atoms with Gasteiger partial charge in [0.1, 0.15) is 6.04 Å². The van der Waals surface area contributed by atoms with Crippen LogP contribution >= 0.6 is 0 Å². The van der Waals surface area contributed by atoms with Crippen molar-refractivity contribution in [2.24, 2.45) is 0 Å². The summed E-state index contributed by atoms with van der Waals surface area (Å²) in [5, 5.41) is 13.0. The molecule has 0 aliphatic carbocycles. The molecule has 166 valence electrons. The fourth-order valence-electron chi connectivity index (χ4n) is 3.95. The Hall–Kier alpha value is -4.12. The van der Waals surface area contributed by atoms with E-state index in [9.17, 15) is 9.59 Å². The van der Waals surface area contributed by atoms with Crippen LogP contribution in [-0.4, -0.2) is 28.1 Å². The van der Waals surface area contributed by atoms with E-state index in [2.05, 4.69) is 5.32 Å². The van der Waals surface area contributed by atoms with Gasteiger partial charge in [0.15, 0.2) is 0 Å². The van der Waals surface area contributed by atoms with Crippen molar-refractivity contribution in [1.29, 1.82) is 0 Å². The summed E-state index contributed by atoms with van der Waals surface area (Å²) in [5.41, 5.74) is 4.92. The predicted octanol–water partition coefficient (Wildman–Crippen LogP) is 5.33. The number of carboxylic acids is 1. The molecule has 5 heteroatoms. The largest absolute Gasteiger partial charge is 0.478 e. The number of nitrogens with zero attached hydrogens (tertiary/aromatic N) is 1. The van der Waals surface area contributed by atoms with Gasteiger partial charge >= 0.3 is 5.97 Å². The Bertz CT molecular complexity index is 1290. The summed E-state index contributed by atoms with van der Waals surface area (Å²) in [4.78, 5) is 24.0. The normalized spacial score (nSPS) is 12.2. The first-order valence-electron chi connectivity index (χ1n) is 11.0. The number of fused-ring (bicyclic) bond motifs is 1. The van der Waals surface area contributed by atoms with E-state index in [1.807, 2.05) is 96.6 Å². The summed E-state index contributed by atoms with van der Waals surface area (Å²) in [6.07, 6.45) is 5.31. The lowest BCUT2D eigenvalue weighted by atomic mass is 10.0. The zero-order chi connectivity index (χ0) is 23.2. The fraction of sp³-hybridized carbons (Fsp3) is 0.143. The van der Waals surface area contributed by atoms with E-state index in [0.29, 0.717) is 6.54 Å². The fourth-order valence-corrected chi connectivity index (χ4v) is 3.95. The number of carboxylic acid groups (broad SMARTS) is 1. The lowest BCUT2D eigenvalue weighted by Crippen LogP contribution is -2.32. The molecule has 1 unspecified atom stereocenters. The minimum Gasteiger partial charge on any atom is -0.478 e. The van der Waals surface area contributed by atoms with E-state index in [-0.39, 0.29) is 5.91 Å². The molecule has 4 aromatic rings. The molecule has 33 heavy (non-hydrogen) atoms. The van der Waals surface area contributed by atoms with Gasteiger partial charge in [-0.25, -0.2) is 4.79 Å². The van der Waals surface area contributed by atoms with Crippen LogP contribution < -0.4 is 5.32 Å². The highest BCUT2D eigenvalue weighted by Gasteiger charge is 2.18. The van der Waals surface area contributed by atoms with Gasteiger partial charge in [-0.05, 0) is 48.2 Å². The second-order valence-corrected chi connectivity index (χ2v) is 7.96. The highest BCUT2D eigenvalue weighted by atomic mass is 16.4. The Balaban J connectivity index is 1.62. The van der Waals surface area contributed by atoms with Crippen molar-refractivity contribution >= 4 is 28.9 Å². The molecular weight excluding hydrogens is 412 g/mol. The number of aromatic nitrogens is 1. The maximum Gasteiger partial charge on any atom is 0.328 e. The van der Waals surface area contributed by atoms with Gasteiger partial charge in [-0.15, -0.1) is 0 Å². The number of rotatable bonds is 8. The summed E-state index contributed by atoms with van der Waals surface area (Å²) >= 11 is 0. The first kappa shape index (κ1) is 22.1. The Kier molecular flexibility index (Phi) is 6.69. The molecule has 0 aliphatic heterocycles. The van der Waals surface area contributed by atoms with E-state index in [1.165, 1.54) is 5.56 Å². The molecule has 1 aromatic heterocycles. The summed E-state index contributed by atoms with van der Waals surface area (Å²) in [6.45, 7) is 2.41. The molecule has 0 saturated heterocycles. The van der Waals surface area contributed by atoms with E-state index in [4.69, 9.17) is 5.11 Å². The summed E-state index contributed by atoms with van der Waals surface area (Å²) in [6, 6.07) is 25.7. The zero-order valence-electron chi connectivity index (χ0n) is 18.4. The number of benzene rings is 3. The van der Waals surface area contributed by atoms with E-state index >= 15 is 0 Å². The molecule has 1 atom stereocenters. The third-order valence-electron chi connectivity index (χ3n) is 5.73. The monoisotopic (exact) mass is 438 g/mol. The number of carbonyl (C=O) groups excluding carboxylic acids is 1. The summed E-state index contributed by atoms with van der Waals surface area (Å²) < 4.78 is 1.91. The van der Waals surface area contributed by atoms with Crippen LogP contribution in [0.2, 0.25) is 0 Å². The lowest BCUT2D eigenvalue weighted by Gasteiger charge is -2.15. The number of carbonyl (C=O) groups is 2. The molecule has 1 amide bonds. The van der Waals surface area contributed by atoms with Gasteiger partial charge in [0.2, 0.25) is 5.91 Å². The standard InChI is InChI=1S/C28H26N2O3/c1-20(28(33)29-17-16-21-8-4-2-5-9-21)30-19-24(13-15-27(31)32)25-18-23(12-14-26(25)30)22-10-6-3-7-11-22/h2-15,18-20H,16-17H2,1H3,(H,29,33)(H,31,32). The average Bonchev–Trinajstić information content (AvgIpc) is 3.21. The van der Waals surface area contributed by atoms with Crippen LogP contribution in [0.3, 0.4) is 0 Å². The van der Waals surface area contributed by atoms with Crippen molar-refractivity contribution in [3.63, 3.8) is 0 Å². The van der Waals surface area contributed by atoms with Crippen LogP contribution in [0.4, 0.5) is 0 Å². The molecule has 0 spiro atoms. The van der Waals surface area contributed by atoms with Crippen molar-refractivity contribution in [3.8, 4) is 11.1 Å². The molecular formula is C28H26N2O3.